The van der Waals surface area contributed by atoms with E-state index in [1.165, 1.54) is 4.88 Å². The fraction of sp³-hybridized carbons (Fsp3) is 0.375. The van der Waals surface area contributed by atoms with Crippen molar-refractivity contribution in [2.45, 2.75) is 39.7 Å². The first-order valence-corrected chi connectivity index (χ1v) is 11.3. The average molecular weight is 441 g/mol. The van der Waals surface area contributed by atoms with Gasteiger partial charge in [-0.05, 0) is 61.9 Å². The molecule has 1 atom stereocenters. The molecule has 1 amide bonds. The largest absolute Gasteiger partial charge is 0.497 e. The molecule has 3 aromatic rings. The number of methoxy groups -OCH3 is 2. The van der Waals surface area contributed by atoms with Gasteiger partial charge in [0.05, 0.1) is 32.0 Å². The Hall–Kier alpha value is -2.93. The van der Waals surface area contributed by atoms with Crippen LogP contribution in [-0.4, -0.2) is 20.1 Å². The second kappa shape index (κ2) is 9.06. The summed E-state index contributed by atoms with van der Waals surface area (Å²) in [7, 11) is 3.18. The van der Waals surface area contributed by atoms with Gasteiger partial charge in [-0.2, -0.15) is 0 Å². The minimum Gasteiger partial charge on any atom is -0.497 e. The molecule has 1 aliphatic rings. The molecular formula is C24H28N2O4S. The average Bonchev–Trinajstić information content (AvgIpc) is 3.34. The monoisotopic (exact) mass is 440 g/mol. The lowest BCUT2D eigenvalue weighted by Gasteiger charge is -2.19. The maximum Gasteiger partial charge on any atom is 0.259 e. The quantitative estimate of drug-likeness (QED) is 0.496. The number of aryl methyl sites for hydroxylation is 1. The van der Waals surface area contributed by atoms with E-state index in [2.05, 4.69) is 17.6 Å². The van der Waals surface area contributed by atoms with Crippen molar-refractivity contribution in [2.24, 2.45) is 5.92 Å². The molecule has 4 rings (SSSR count). The van der Waals surface area contributed by atoms with Gasteiger partial charge >= 0.3 is 0 Å². The Morgan fingerprint density at radius 1 is 1.23 bits per heavy atom. The van der Waals surface area contributed by atoms with Crippen molar-refractivity contribution in [1.82, 2.24) is 0 Å². The van der Waals surface area contributed by atoms with Gasteiger partial charge in [0, 0.05) is 10.9 Å². The van der Waals surface area contributed by atoms with E-state index >= 15 is 0 Å². The van der Waals surface area contributed by atoms with Crippen LogP contribution in [0, 0.1) is 12.8 Å². The number of fused-ring (bicyclic) bond motifs is 1. The van der Waals surface area contributed by atoms with Crippen molar-refractivity contribution in [3.05, 3.63) is 57.9 Å². The second-order valence-corrected chi connectivity index (χ2v) is 9.05. The molecule has 0 saturated heterocycles. The Bertz CT molecular complexity index is 1090. The number of nitrogens with one attached hydrogen (secondary N) is 2. The lowest BCUT2D eigenvalue weighted by Crippen LogP contribution is -2.18. The summed E-state index contributed by atoms with van der Waals surface area (Å²) in [6, 6.07) is 9.27. The van der Waals surface area contributed by atoms with Crippen LogP contribution in [0.25, 0.3) is 0 Å². The van der Waals surface area contributed by atoms with Crippen molar-refractivity contribution in [1.29, 1.82) is 0 Å². The van der Waals surface area contributed by atoms with Crippen LogP contribution in [0.1, 0.15) is 45.7 Å². The van der Waals surface area contributed by atoms with Gasteiger partial charge in [-0.15, -0.1) is 11.3 Å². The normalized spacial score (nSPS) is 15.3. The molecule has 2 heterocycles. The zero-order valence-electron chi connectivity index (χ0n) is 18.3. The van der Waals surface area contributed by atoms with E-state index in [0.29, 0.717) is 29.6 Å². The molecule has 0 fully saturated rings. The Balaban J connectivity index is 1.63. The first kappa shape index (κ1) is 21.3. The van der Waals surface area contributed by atoms with Crippen LogP contribution in [0.4, 0.5) is 10.7 Å². The number of ether oxygens (including phenoxy) is 2. The standard InChI is InChI=1S/C24H28N2O4S/c1-14-5-9-18-21(11-14)31-24(25-13-17-7-6-15(2)30-17)22(18)23(27)26-19-10-8-16(28-3)12-20(19)29-4/h6-8,10,12,14,25H,5,9,11,13H2,1-4H3,(H,26,27)/t14-/m0/s1. The van der Waals surface area contributed by atoms with Gasteiger partial charge in [0.2, 0.25) is 0 Å². The predicted octanol–water partition coefficient (Wildman–Crippen LogP) is 5.66. The van der Waals surface area contributed by atoms with Crippen molar-refractivity contribution in [3.63, 3.8) is 0 Å². The van der Waals surface area contributed by atoms with Crippen molar-refractivity contribution < 1.29 is 18.7 Å². The molecule has 0 saturated carbocycles. The van der Waals surface area contributed by atoms with Crippen LogP contribution >= 0.6 is 11.3 Å². The fourth-order valence-electron chi connectivity index (χ4n) is 3.95. The number of carbonyl (C=O) groups excluding carboxylic acids is 1. The Kier molecular flexibility index (Phi) is 6.23. The molecule has 31 heavy (non-hydrogen) atoms. The summed E-state index contributed by atoms with van der Waals surface area (Å²) < 4.78 is 16.4. The lowest BCUT2D eigenvalue weighted by atomic mass is 9.88. The minimum absolute atomic E-state index is 0.131. The molecule has 0 aliphatic heterocycles. The molecule has 0 spiro atoms. The van der Waals surface area contributed by atoms with Crippen LogP contribution < -0.4 is 20.1 Å². The lowest BCUT2D eigenvalue weighted by molar-refractivity contribution is 0.102. The molecular weight excluding hydrogens is 412 g/mol. The number of rotatable bonds is 7. The van der Waals surface area contributed by atoms with Gasteiger partial charge in [0.25, 0.3) is 5.91 Å². The number of hydrogen-bond acceptors (Lipinski definition) is 6. The zero-order valence-corrected chi connectivity index (χ0v) is 19.2. The van der Waals surface area contributed by atoms with E-state index in [0.717, 1.165) is 46.9 Å². The highest BCUT2D eigenvalue weighted by molar-refractivity contribution is 7.16. The van der Waals surface area contributed by atoms with Crippen LogP contribution in [0.3, 0.4) is 0 Å². The Morgan fingerprint density at radius 3 is 2.77 bits per heavy atom. The van der Waals surface area contributed by atoms with Gasteiger partial charge < -0.3 is 24.5 Å². The zero-order chi connectivity index (χ0) is 22.0. The van der Waals surface area contributed by atoms with E-state index in [1.54, 1.807) is 43.8 Å². The maximum absolute atomic E-state index is 13.4. The Labute approximate surface area is 186 Å². The molecule has 0 unspecified atom stereocenters. The highest BCUT2D eigenvalue weighted by Gasteiger charge is 2.28. The van der Waals surface area contributed by atoms with E-state index in [1.807, 2.05) is 19.1 Å². The van der Waals surface area contributed by atoms with E-state index in [4.69, 9.17) is 13.9 Å². The van der Waals surface area contributed by atoms with Gasteiger partial charge in [-0.3, -0.25) is 4.79 Å². The second-order valence-electron chi connectivity index (χ2n) is 7.94. The molecule has 2 aromatic heterocycles. The first-order valence-electron chi connectivity index (χ1n) is 10.5. The third-order valence-corrected chi connectivity index (χ3v) is 6.83. The molecule has 164 valence electrons. The van der Waals surface area contributed by atoms with E-state index in [9.17, 15) is 4.79 Å². The van der Waals surface area contributed by atoms with Gasteiger partial charge in [-0.25, -0.2) is 0 Å². The smallest absolute Gasteiger partial charge is 0.259 e. The summed E-state index contributed by atoms with van der Waals surface area (Å²) in [4.78, 5) is 14.7. The number of furan rings is 1. The third kappa shape index (κ3) is 4.56. The predicted molar refractivity (Wildman–Crippen MR) is 124 cm³/mol. The van der Waals surface area contributed by atoms with Crippen LogP contribution in [0.15, 0.2) is 34.7 Å². The molecule has 0 bridgehead atoms. The van der Waals surface area contributed by atoms with Crippen LogP contribution in [0.2, 0.25) is 0 Å². The minimum atomic E-state index is -0.131. The SMILES string of the molecule is COc1ccc(NC(=O)c2c(NCc3ccc(C)o3)sc3c2CC[C@H](C)C3)c(OC)c1. The first-order chi connectivity index (χ1) is 15.0. The van der Waals surface area contributed by atoms with E-state index in [-0.39, 0.29) is 5.91 Å². The highest BCUT2D eigenvalue weighted by atomic mass is 32.1. The molecule has 6 nitrogen and oxygen atoms in total. The van der Waals surface area contributed by atoms with Crippen molar-refractivity contribution >= 4 is 27.9 Å². The number of benzene rings is 1. The number of amides is 1. The number of thiophene rings is 1. The summed E-state index contributed by atoms with van der Waals surface area (Å²) in [5.74, 6) is 3.46. The van der Waals surface area contributed by atoms with Crippen molar-refractivity contribution in [2.75, 3.05) is 24.9 Å². The van der Waals surface area contributed by atoms with Crippen molar-refractivity contribution in [3.8, 4) is 11.5 Å². The third-order valence-electron chi connectivity index (χ3n) is 5.61. The van der Waals surface area contributed by atoms with Gasteiger partial charge in [0.1, 0.15) is 28.0 Å². The Morgan fingerprint density at radius 2 is 2.06 bits per heavy atom. The molecule has 2 N–H and O–H groups in total. The van der Waals surface area contributed by atoms with Gasteiger partial charge in [-0.1, -0.05) is 6.92 Å². The molecule has 7 heteroatoms. The maximum atomic E-state index is 13.4. The summed E-state index contributed by atoms with van der Waals surface area (Å²) in [5, 5.41) is 7.37. The number of carbonyl (C=O) groups is 1. The highest BCUT2D eigenvalue weighted by Crippen LogP contribution is 2.41. The fourth-order valence-corrected chi connectivity index (χ4v) is 5.35. The molecule has 1 aliphatic carbocycles. The van der Waals surface area contributed by atoms with E-state index < -0.39 is 0 Å². The van der Waals surface area contributed by atoms with Gasteiger partial charge in [0.15, 0.2) is 0 Å². The summed E-state index contributed by atoms with van der Waals surface area (Å²) in [6.07, 6.45) is 3.01. The molecule has 1 aromatic carbocycles. The summed E-state index contributed by atoms with van der Waals surface area (Å²) >= 11 is 1.68. The summed E-state index contributed by atoms with van der Waals surface area (Å²) in [5.41, 5.74) is 2.50. The molecule has 0 radical (unpaired) electrons. The van der Waals surface area contributed by atoms with Crippen LogP contribution in [-0.2, 0) is 19.4 Å². The summed E-state index contributed by atoms with van der Waals surface area (Å²) in [6.45, 7) is 4.73. The van der Waals surface area contributed by atoms with Crippen LogP contribution in [0.5, 0.6) is 11.5 Å². The number of anilines is 2. The number of hydrogen-bond donors (Lipinski definition) is 2. The topological polar surface area (TPSA) is 72.7 Å².